The van der Waals surface area contributed by atoms with E-state index in [1.807, 2.05) is 0 Å². The molecule has 1 rings (SSSR count). The van der Waals surface area contributed by atoms with Crippen molar-refractivity contribution in [3.05, 3.63) is 33.4 Å². The monoisotopic (exact) mass is 203 g/mol. The van der Waals surface area contributed by atoms with Crippen molar-refractivity contribution >= 4 is 5.69 Å². The van der Waals surface area contributed by atoms with Crippen LogP contribution in [0.25, 0.3) is 0 Å². The van der Waals surface area contributed by atoms with Crippen LogP contribution in [0.4, 0.5) is 5.69 Å². The van der Waals surface area contributed by atoms with Crippen LogP contribution in [0.15, 0.2) is 12.1 Å². The van der Waals surface area contributed by atoms with Gasteiger partial charge in [0.15, 0.2) is 5.75 Å². The minimum atomic E-state index is -0.839. The van der Waals surface area contributed by atoms with Gasteiger partial charge in [-0.1, -0.05) is 6.07 Å². The van der Waals surface area contributed by atoms with E-state index in [4.69, 9.17) is 10.5 Å². The smallest absolute Gasteiger partial charge is 0.328 e. The molecule has 1 aromatic rings. The highest BCUT2D eigenvalue weighted by Crippen LogP contribution is 2.33. The van der Waals surface area contributed by atoms with Gasteiger partial charge in [0, 0.05) is 5.56 Å². The van der Waals surface area contributed by atoms with Gasteiger partial charge in [0.25, 0.3) is 0 Å². The van der Waals surface area contributed by atoms with E-state index in [0.717, 1.165) is 0 Å². The van der Waals surface area contributed by atoms with E-state index in [1.54, 1.807) is 12.1 Å². The maximum atomic E-state index is 10.6. The van der Waals surface area contributed by atoms with Crippen LogP contribution in [0.1, 0.15) is 11.1 Å². The second kappa shape index (κ2) is 4.07. The molecule has 0 aromatic heterocycles. The molecule has 74 valence electrons. The van der Waals surface area contributed by atoms with Crippen LogP contribution in [-0.4, -0.2) is 10.0 Å². The first kappa shape index (κ1) is 10.5. The number of nitro benzene ring substituents is 1. The third-order valence-corrected chi connectivity index (χ3v) is 1.81. The van der Waals surface area contributed by atoms with Gasteiger partial charge in [0.1, 0.15) is 11.6 Å². The molecule has 6 nitrogen and oxygen atoms in total. The van der Waals surface area contributed by atoms with Crippen molar-refractivity contribution in [2.45, 2.75) is 6.42 Å². The molecule has 6 heteroatoms. The number of aromatic hydroxyl groups is 1. The zero-order valence-electron chi connectivity index (χ0n) is 7.47. The van der Waals surface area contributed by atoms with Crippen LogP contribution in [-0.2, 0) is 6.42 Å². The Morgan fingerprint density at radius 2 is 2.13 bits per heavy atom. The summed E-state index contributed by atoms with van der Waals surface area (Å²) in [7, 11) is 0. The molecule has 0 aliphatic heterocycles. The lowest BCUT2D eigenvalue weighted by atomic mass is 10.1. The van der Waals surface area contributed by atoms with Crippen LogP contribution < -0.4 is 0 Å². The van der Waals surface area contributed by atoms with Gasteiger partial charge >= 0.3 is 5.69 Å². The molecular formula is C9H5N3O3. The fourth-order valence-corrected chi connectivity index (χ4v) is 1.12. The lowest BCUT2D eigenvalue weighted by molar-refractivity contribution is -0.386. The van der Waals surface area contributed by atoms with Crippen molar-refractivity contribution in [2.75, 3.05) is 0 Å². The standard InChI is InChI=1S/C9H5N3O3/c10-4-3-6-1-2-7(5-11)8(9(6)13)12(14)15/h1-2,13H,3H2. The van der Waals surface area contributed by atoms with Crippen molar-refractivity contribution in [3.63, 3.8) is 0 Å². The summed E-state index contributed by atoms with van der Waals surface area (Å²) in [5.74, 6) is -0.611. The Labute approximate surface area is 84.8 Å². The topological polar surface area (TPSA) is 111 Å². The average Bonchev–Trinajstić information content (AvgIpc) is 2.20. The van der Waals surface area contributed by atoms with Crippen molar-refractivity contribution in [2.24, 2.45) is 0 Å². The van der Waals surface area contributed by atoms with Crippen LogP contribution in [0.2, 0.25) is 0 Å². The maximum absolute atomic E-state index is 10.6. The summed E-state index contributed by atoms with van der Waals surface area (Å²) in [4.78, 5) is 9.73. The molecule has 0 saturated carbocycles. The van der Waals surface area contributed by atoms with E-state index >= 15 is 0 Å². The van der Waals surface area contributed by atoms with Gasteiger partial charge in [-0.25, -0.2) is 0 Å². The minimum Gasteiger partial charge on any atom is -0.502 e. The van der Waals surface area contributed by atoms with E-state index < -0.39 is 16.4 Å². The number of phenols is 1. The summed E-state index contributed by atoms with van der Waals surface area (Å²) in [5.41, 5.74) is -0.729. The largest absolute Gasteiger partial charge is 0.502 e. The number of nitro groups is 1. The molecule has 1 N–H and O–H groups in total. The van der Waals surface area contributed by atoms with E-state index in [2.05, 4.69) is 0 Å². The summed E-state index contributed by atoms with van der Waals surface area (Å²) in [6.07, 6.45) is -0.140. The molecule has 0 atom stereocenters. The predicted octanol–water partition coefficient (Wildman–Crippen LogP) is 1.24. The average molecular weight is 203 g/mol. The summed E-state index contributed by atoms with van der Waals surface area (Å²) in [5, 5.41) is 37.0. The zero-order chi connectivity index (χ0) is 11.4. The molecule has 0 aliphatic carbocycles. The van der Waals surface area contributed by atoms with E-state index in [-0.39, 0.29) is 17.5 Å². The fourth-order valence-electron chi connectivity index (χ4n) is 1.12. The lowest BCUT2D eigenvalue weighted by Crippen LogP contribution is -1.95. The molecular weight excluding hydrogens is 198 g/mol. The van der Waals surface area contributed by atoms with Gasteiger partial charge < -0.3 is 5.11 Å². The number of nitriles is 2. The Morgan fingerprint density at radius 3 is 2.60 bits per heavy atom. The first-order chi connectivity index (χ1) is 7.11. The molecule has 15 heavy (non-hydrogen) atoms. The highest BCUT2D eigenvalue weighted by Gasteiger charge is 2.22. The predicted molar refractivity (Wildman–Crippen MR) is 48.8 cm³/mol. The maximum Gasteiger partial charge on any atom is 0.328 e. The summed E-state index contributed by atoms with van der Waals surface area (Å²) < 4.78 is 0. The third-order valence-electron chi connectivity index (χ3n) is 1.81. The van der Waals surface area contributed by atoms with Gasteiger partial charge in [0.2, 0.25) is 0 Å². The van der Waals surface area contributed by atoms with Crippen molar-refractivity contribution in [3.8, 4) is 17.9 Å². The van der Waals surface area contributed by atoms with E-state index in [1.165, 1.54) is 12.1 Å². The molecule has 0 bridgehead atoms. The molecule has 0 radical (unpaired) electrons. The van der Waals surface area contributed by atoms with Crippen molar-refractivity contribution in [1.29, 1.82) is 10.5 Å². The summed E-state index contributed by atoms with van der Waals surface area (Å²) >= 11 is 0. The van der Waals surface area contributed by atoms with Crippen LogP contribution in [0, 0.1) is 32.8 Å². The lowest BCUT2D eigenvalue weighted by Gasteiger charge is -2.01. The van der Waals surface area contributed by atoms with Gasteiger partial charge in [-0.2, -0.15) is 10.5 Å². The number of nitrogens with zero attached hydrogens (tertiary/aromatic N) is 3. The second-order valence-electron chi connectivity index (χ2n) is 2.67. The molecule has 0 fully saturated rings. The number of rotatable bonds is 2. The number of hydrogen-bond acceptors (Lipinski definition) is 5. The van der Waals surface area contributed by atoms with Crippen molar-refractivity contribution < 1.29 is 10.0 Å². The molecule has 0 saturated heterocycles. The Kier molecular flexibility index (Phi) is 2.85. The van der Waals surface area contributed by atoms with Crippen LogP contribution in [0.3, 0.4) is 0 Å². The Balaban J connectivity index is 3.45. The minimum absolute atomic E-state index is 0.140. The number of phenolic OH excluding ortho intramolecular Hbond substituents is 1. The third kappa shape index (κ3) is 1.84. The molecule has 0 spiro atoms. The fraction of sp³-hybridized carbons (Fsp3) is 0.111. The first-order valence-electron chi connectivity index (χ1n) is 3.88. The van der Waals surface area contributed by atoms with Gasteiger partial charge in [0.05, 0.1) is 17.4 Å². The Hall–Kier alpha value is -2.60. The van der Waals surface area contributed by atoms with E-state index in [0.29, 0.717) is 0 Å². The SMILES string of the molecule is N#CCc1ccc(C#N)c([N+](=O)[O-])c1O. The molecule has 0 amide bonds. The number of benzene rings is 1. The van der Waals surface area contributed by atoms with Crippen molar-refractivity contribution in [1.82, 2.24) is 0 Å². The Bertz CT molecular complexity index is 497. The second-order valence-corrected chi connectivity index (χ2v) is 2.67. The van der Waals surface area contributed by atoms with Gasteiger partial charge in [-0.3, -0.25) is 10.1 Å². The first-order valence-corrected chi connectivity index (χ1v) is 3.88. The number of hydrogen-bond donors (Lipinski definition) is 1. The summed E-state index contributed by atoms with van der Waals surface area (Å²) in [6.45, 7) is 0. The Morgan fingerprint density at radius 1 is 1.47 bits per heavy atom. The molecule has 0 unspecified atom stereocenters. The normalized spacial score (nSPS) is 8.93. The van der Waals surface area contributed by atoms with Crippen LogP contribution >= 0.6 is 0 Å². The van der Waals surface area contributed by atoms with Crippen LogP contribution in [0.5, 0.6) is 5.75 Å². The van der Waals surface area contributed by atoms with Gasteiger partial charge in [-0.05, 0) is 6.07 Å². The van der Waals surface area contributed by atoms with Gasteiger partial charge in [-0.15, -0.1) is 0 Å². The zero-order valence-corrected chi connectivity index (χ0v) is 7.47. The molecule has 0 aliphatic rings. The van der Waals surface area contributed by atoms with E-state index in [9.17, 15) is 15.2 Å². The molecule has 1 aromatic carbocycles. The highest BCUT2D eigenvalue weighted by molar-refractivity contribution is 5.61. The summed E-state index contributed by atoms with van der Waals surface area (Å²) in [6, 6.07) is 5.90. The molecule has 0 heterocycles. The quantitative estimate of drug-likeness (QED) is 0.574. The highest BCUT2D eigenvalue weighted by atomic mass is 16.6.